The van der Waals surface area contributed by atoms with Gasteiger partial charge < -0.3 is 0 Å². The summed E-state index contributed by atoms with van der Waals surface area (Å²) >= 11 is 0. The molecule has 2 saturated heterocycles. The van der Waals surface area contributed by atoms with Crippen LogP contribution in [-0.2, 0) is 9.59 Å². The van der Waals surface area contributed by atoms with Gasteiger partial charge in [0.15, 0.2) is 0 Å². The van der Waals surface area contributed by atoms with Gasteiger partial charge in [0, 0.05) is 0 Å². The van der Waals surface area contributed by atoms with Gasteiger partial charge in [0.25, 0.3) is 5.91 Å². The van der Waals surface area contributed by atoms with Crippen LogP contribution in [0.15, 0.2) is 24.3 Å². The van der Waals surface area contributed by atoms with Gasteiger partial charge in [0.05, 0.1) is 18.2 Å². The fourth-order valence-corrected chi connectivity index (χ4v) is 2.92. The first-order valence-electron chi connectivity index (χ1n) is 6.84. The first-order chi connectivity index (χ1) is 9.16. The molecule has 0 radical (unpaired) electrons. The molecule has 4 nitrogen and oxygen atoms in total. The molecule has 2 fully saturated rings. The van der Waals surface area contributed by atoms with Crippen LogP contribution in [0, 0.1) is 6.92 Å². The number of anilines is 1. The molecule has 19 heavy (non-hydrogen) atoms. The lowest BCUT2D eigenvalue weighted by Crippen LogP contribution is -2.40. The Bertz CT molecular complexity index is 503. The van der Waals surface area contributed by atoms with Crippen molar-refractivity contribution in [3.05, 3.63) is 29.8 Å². The second-order valence-electron chi connectivity index (χ2n) is 5.37. The zero-order valence-electron chi connectivity index (χ0n) is 11.1. The first kappa shape index (κ1) is 12.4. The van der Waals surface area contributed by atoms with Crippen LogP contribution in [0.1, 0.15) is 24.8 Å². The number of hydrogen-bond donors (Lipinski definition) is 0. The average molecular weight is 258 g/mol. The molecule has 1 unspecified atom stereocenters. The number of likely N-dealkylation sites (tertiary alicyclic amines) is 1. The number of carbonyl (C=O) groups excluding carboxylic acids is 2. The zero-order chi connectivity index (χ0) is 13.4. The van der Waals surface area contributed by atoms with Crippen molar-refractivity contribution in [2.24, 2.45) is 0 Å². The molecule has 1 atom stereocenters. The van der Waals surface area contributed by atoms with Crippen molar-refractivity contribution >= 4 is 17.5 Å². The minimum absolute atomic E-state index is 0.0595. The van der Waals surface area contributed by atoms with E-state index in [1.807, 2.05) is 31.2 Å². The molecule has 3 rings (SSSR count). The summed E-state index contributed by atoms with van der Waals surface area (Å²) in [6, 6.07) is 7.31. The summed E-state index contributed by atoms with van der Waals surface area (Å²) in [5.41, 5.74) is 1.82. The van der Waals surface area contributed by atoms with Crippen LogP contribution in [0.2, 0.25) is 0 Å². The number of rotatable bonds is 2. The molecule has 1 aromatic rings. The van der Waals surface area contributed by atoms with E-state index in [1.54, 1.807) is 0 Å². The molecule has 2 aliphatic rings. The topological polar surface area (TPSA) is 40.6 Å². The van der Waals surface area contributed by atoms with Gasteiger partial charge in [-0.05, 0) is 45.0 Å². The Morgan fingerprint density at radius 3 is 2.32 bits per heavy atom. The van der Waals surface area contributed by atoms with Crippen molar-refractivity contribution in [2.45, 2.75) is 32.2 Å². The predicted molar refractivity (Wildman–Crippen MR) is 72.9 cm³/mol. The Kier molecular flexibility index (Phi) is 3.11. The van der Waals surface area contributed by atoms with Crippen LogP contribution < -0.4 is 4.90 Å². The second kappa shape index (κ2) is 4.78. The summed E-state index contributed by atoms with van der Waals surface area (Å²) in [6.07, 6.45) is 2.58. The maximum atomic E-state index is 12.5. The van der Waals surface area contributed by atoms with Crippen LogP contribution in [0.4, 0.5) is 5.69 Å². The summed E-state index contributed by atoms with van der Waals surface area (Å²) in [5.74, 6) is -0.137. The lowest BCUT2D eigenvalue weighted by molar-refractivity contribution is -0.122. The van der Waals surface area contributed by atoms with Crippen molar-refractivity contribution in [3.8, 4) is 0 Å². The average Bonchev–Trinajstić information content (AvgIpc) is 3.00. The highest BCUT2D eigenvalue weighted by molar-refractivity contribution is 6.22. The largest absolute Gasteiger partial charge is 0.292 e. The van der Waals surface area contributed by atoms with Gasteiger partial charge in [-0.3, -0.25) is 14.5 Å². The normalized spacial score (nSPS) is 24.5. The lowest BCUT2D eigenvalue weighted by Gasteiger charge is -2.21. The Balaban J connectivity index is 1.84. The van der Waals surface area contributed by atoms with Crippen LogP contribution in [-0.4, -0.2) is 35.8 Å². The van der Waals surface area contributed by atoms with E-state index in [-0.39, 0.29) is 17.9 Å². The molecule has 2 heterocycles. The first-order valence-corrected chi connectivity index (χ1v) is 6.84. The third kappa shape index (κ3) is 2.16. The summed E-state index contributed by atoms with van der Waals surface area (Å²) in [4.78, 5) is 28.1. The molecule has 2 aliphatic heterocycles. The Hall–Kier alpha value is -1.68. The van der Waals surface area contributed by atoms with Crippen molar-refractivity contribution in [1.82, 2.24) is 4.90 Å². The van der Waals surface area contributed by atoms with Gasteiger partial charge in [-0.2, -0.15) is 0 Å². The molecule has 2 amide bonds. The zero-order valence-corrected chi connectivity index (χ0v) is 11.1. The van der Waals surface area contributed by atoms with Crippen LogP contribution in [0.5, 0.6) is 0 Å². The number of carbonyl (C=O) groups is 2. The maximum absolute atomic E-state index is 12.5. The third-order valence-corrected chi connectivity index (χ3v) is 4.00. The molecule has 0 spiro atoms. The van der Waals surface area contributed by atoms with E-state index in [1.165, 1.54) is 4.90 Å². The quantitative estimate of drug-likeness (QED) is 0.758. The van der Waals surface area contributed by atoms with Crippen molar-refractivity contribution in [2.75, 3.05) is 18.0 Å². The number of aryl methyl sites for hydroxylation is 1. The Morgan fingerprint density at radius 1 is 1.05 bits per heavy atom. The fourth-order valence-electron chi connectivity index (χ4n) is 2.92. The SMILES string of the molecule is Cc1ccc(N2C(=O)CC(N3CCCC3)C2=O)cc1. The molecular formula is C15H18N2O2. The predicted octanol–water partition coefficient (Wildman–Crippen LogP) is 1.72. The summed E-state index contributed by atoms with van der Waals surface area (Å²) in [6.45, 7) is 3.86. The minimum atomic E-state index is -0.240. The van der Waals surface area contributed by atoms with Crippen molar-refractivity contribution in [3.63, 3.8) is 0 Å². The molecule has 0 N–H and O–H groups in total. The Labute approximate surface area is 113 Å². The molecule has 0 aliphatic carbocycles. The van der Waals surface area contributed by atoms with E-state index in [4.69, 9.17) is 0 Å². The summed E-state index contributed by atoms with van der Waals surface area (Å²) in [7, 11) is 0. The highest BCUT2D eigenvalue weighted by Crippen LogP contribution is 2.27. The molecule has 4 heteroatoms. The number of imide groups is 1. The number of amides is 2. The minimum Gasteiger partial charge on any atom is -0.292 e. The van der Waals surface area contributed by atoms with Crippen LogP contribution >= 0.6 is 0 Å². The van der Waals surface area contributed by atoms with Crippen LogP contribution in [0.3, 0.4) is 0 Å². The molecule has 100 valence electrons. The lowest BCUT2D eigenvalue weighted by atomic mass is 10.2. The smallest absolute Gasteiger partial charge is 0.251 e. The van der Waals surface area contributed by atoms with Gasteiger partial charge in [-0.25, -0.2) is 4.90 Å². The van der Waals surface area contributed by atoms with Gasteiger partial charge in [-0.1, -0.05) is 17.7 Å². The van der Waals surface area contributed by atoms with E-state index in [0.717, 1.165) is 31.5 Å². The number of hydrogen-bond acceptors (Lipinski definition) is 3. The second-order valence-corrected chi connectivity index (χ2v) is 5.37. The summed E-state index contributed by atoms with van der Waals surface area (Å²) < 4.78 is 0. The van der Waals surface area contributed by atoms with Crippen LogP contribution in [0.25, 0.3) is 0 Å². The molecule has 0 aromatic heterocycles. The van der Waals surface area contributed by atoms with Gasteiger partial charge >= 0.3 is 0 Å². The Morgan fingerprint density at radius 2 is 1.68 bits per heavy atom. The molecular weight excluding hydrogens is 240 g/mol. The van der Waals surface area contributed by atoms with Crippen molar-refractivity contribution < 1.29 is 9.59 Å². The molecule has 1 aromatic carbocycles. The van der Waals surface area contributed by atoms with E-state index < -0.39 is 0 Å². The number of benzene rings is 1. The molecule has 0 bridgehead atoms. The monoisotopic (exact) mass is 258 g/mol. The van der Waals surface area contributed by atoms with Crippen molar-refractivity contribution in [1.29, 1.82) is 0 Å². The van der Waals surface area contributed by atoms with E-state index >= 15 is 0 Å². The van der Waals surface area contributed by atoms with E-state index in [0.29, 0.717) is 12.1 Å². The van der Waals surface area contributed by atoms with Gasteiger partial charge in [0.1, 0.15) is 0 Å². The third-order valence-electron chi connectivity index (χ3n) is 4.00. The fraction of sp³-hybridized carbons (Fsp3) is 0.467. The van der Waals surface area contributed by atoms with E-state index in [9.17, 15) is 9.59 Å². The highest BCUT2D eigenvalue weighted by Gasteiger charge is 2.43. The van der Waals surface area contributed by atoms with Gasteiger partial charge in [-0.15, -0.1) is 0 Å². The standard InChI is InChI=1S/C15H18N2O2/c1-11-4-6-12(7-5-11)17-14(18)10-13(15(17)19)16-8-2-3-9-16/h4-7,13H,2-3,8-10H2,1H3. The van der Waals surface area contributed by atoms with Gasteiger partial charge in [0.2, 0.25) is 5.91 Å². The molecule has 0 saturated carbocycles. The highest BCUT2D eigenvalue weighted by atomic mass is 16.2. The summed E-state index contributed by atoms with van der Waals surface area (Å²) in [5, 5.41) is 0. The maximum Gasteiger partial charge on any atom is 0.251 e. The number of nitrogens with zero attached hydrogens (tertiary/aromatic N) is 2. The van der Waals surface area contributed by atoms with E-state index in [2.05, 4.69) is 4.90 Å².